The first kappa shape index (κ1) is 28.0. The minimum absolute atomic E-state index is 0.0428. The summed E-state index contributed by atoms with van der Waals surface area (Å²) in [4.78, 5) is 45.5. The molecule has 0 unspecified atom stereocenters. The number of hydrogen-bond acceptors (Lipinski definition) is 7. The van der Waals surface area contributed by atoms with Crippen molar-refractivity contribution in [3.05, 3.63) is 99.6 Å². The maximum atomic E-state index is 13.1. The maximum absolute atomic E-state index is 13.1. The SMILES string of the molecule is O=C(Nc1c(O)cccc1C(=O)Nc1ccc(Cl)cn1)c1ccc(-c2ccnn(CCN3CCCCC3)c2=O)cc1. The Morgan fingerprint density at radius 2 is 1.68 bits per heavy atom. The number of likely N-dealkylation sites (tertiary alicyclic amines) is 1. The molecule has 2 aromatic carbocycles. The van der Waals surface area contributed by atoms with Crippen LogP contribution in [0, 0.1) is 0 Å². The molecule has 1 fully saturated rings. The molecule has 5 rings (SSSR count). The number of halogens is 1. The number of benzene rings is 2. The topological polar surface area (TPSA) is 129 Å². The predicted molar refractivity (Wildman–Crippen MR) is 157 cm³/mol. The number of aromatic nitrogens is 3. The largest absolute Gasteiger partial charge is 0.506 e. The van der Waals surface area contributed by atoms with Crippen molar-refractivity contribution in [2.24, 2.45) is 0 Å². The van der Waals surface area contributed by atoms with Crippen LogP contribution < -0.4 is 16.2 Å². The summed E-state index contributed by atoms with van der Waals surface area (Å²) in [6, 6.07) is 15.7. The molecule has 0 bridgehead atoms. The number of hydrogen-bond donors (Lipinski definition) is 3. The van der Waals surface area contributed by atoms with Crippen LogP contribution in [0.5, 0.6) is 5.75 Å². The number of amides is 2. The molecule has 11 heteroatoms. The van der Waals surface area contributed by atoms with E-state index in [1.165, 1.54) is 54.4 Å². The molecule has 210 valence electrons. The van der Waals surface area contributed by atoms with Gasteiger partial charge >= 0.3 is 0 Å². The summed E-state index contributed by atoms with van der Waals surface area (Å²) in [5.41, 5.74) is 1.23. The van der Waals surface area contributed by atoms with E-state index in [-0.39, 0.29) is 33.9 Å². The van der Waals surface area contributed by atoms with Gasteiger partial charge in [-0.15, -0.1) is 0 Å². The molecular weight excluding hydrogens is 544 g/mol. The lowest BCUT2D eigenvalue weighted by atomic mass is 10.0. The number of nitrogens with one attached hydrogen (secondary N) is 2. The van der Waals surface area contributed by atoms with E-state index in [4.69, 9.17) is 11.6 Å². The van der Waals surface area contributed by atoms with Crippen LogP contribution in [0.1, 0.15) is 40.0 Å². The second-order valence-electron chi connectivity index (χ2n) is 9.72. The first-order chi connectivity index (χ1) is 19.9. The Hall–Kier alpha value is -4.54. The number of pyridine rings is 1. The minimum atomic E-state index is -0.573. The Morgan fingerprint density at radius 3 is 2.41 bits per heavy atom. The number of phenolic OH excluding ortho intramolecular Hbond substituents is 1. The van der Waals surface area contributed by atoms with Crippen LogP contribution in [-0.2, 0) is 6.54 Å². The number of anilines is 2. The fourth-order valence-corrected chi connectivity index (χ4v) is 4.84. The van der Waals surface area contributed by atoms with Crippen LogP contribution in [0.2, 0.25) is 5.02 Å². The van der Waals surface area contributed by atoms with E-state index < -0.39 is 11.8 Å². The Kier molecular flexibility index (Phi) is 8.71. The van der Waals surface area contributed by atoms with Crippen molar-refractivity contribution < 1.29 is 14.7 Å². The summed E-state index contributed by atoms with van der Waals surface area (Å²) in [5, 5.41) is 20.4. The van der Waals surface area contributed by atoms with Gasteiger partial charge in [-0.1, -0.05) is 36.2 Å². The van der Waals surface area contributed by atoms with Gasteiger partial charge in [0.1, 0.15) is 11.6 Å². The third-order valence-electron chi connectivity index (χ3n) is 6.94. The normalized spacial score (nSPS) is 13.5. The van der Waals surface area contributed by atoms with Gasteiger partial charge in [0, 0.05) is 24.5 Å². The number of carbonyl (C=O) groups is 2. The summed E-state index contributed by atoms with van der Waals surface area (Å²) >= 11 is 5.85. The molecule has 41 heavy (non-hydrogen) atoms. The summed E-state index contributed by atoms with van der Waals surface area (Å²) in [7, 11) is 0. The van der Waals surface area contributed by atoms with Gasteiger partial charge in [0.15, 0.2) is 0 Å². The molecule has 0 radical (unpaired) electrons. The van der Waals surface area contributed by atoms with Crippen LogP contribution in [0.3, 0.4) is 0 Å². The Bertz CT molecular complexity index is 1600. The van der Waals surface area contributed by atoms with Crippen LogP contribution in [0.15, 0.2) is 77.9 Å². The fraction of sp³-hybridized carbons (Fsp3) is 0.233. The number of rotatable bonds is 8. The van der Waals surface area contributed by atoms with Crippen molar-refractivity contribution in [3.8, 4) is 16.9 Å². The van der Waals surface area contributed by atoms with E-state index in [0.717, 1.165) is 19.6 Å². The molecule has 1 aliphatic rings. The molecule has 4 aromatic rings. The van der Waals surface area contributed by atoms with E-state index in [9.17, 15) is 19.5 Å². The van der Waals surface area contributed by atoms with Crippen molar-refractivity contribution in [3.63, 3.8) is 0 Å². The molecule has 10 nitrogen and oxygen atoms in total. The molecule has 0 atom stereocenters. The lowest BCUT2D eigenvalue weighted by Crippen LogP contribution is -2.35. The van der Waals surface area contributed by atoms with Gasteiger partial charge in [-0.05, 0) is 74.0 Å². The lowest BCUT2D eigenvalue weighted by Gasteiger charge is -2.26. The van der Waals surface area contributed by atoms with Crippen molar-refractivity contribution in [1.82, 2.24) is 19.7 Å². The summed E-state index contributed by atoms with van der Waals surface area (Å²) < 4.78 is 1.48. The van der Waals surface area contributed by atoms with Gasteiger partial charge < -0.3 is 20.6 Å². The van der Waals surface area contributed by atoms with Crippen molar-refractivity contribution in [2.45, 2.75) is 25.8 Å². The van der Waals surface area contributed by atoms with Gasteiger partial charge in [0.25, 0.3) is 17.4 Å². The quantitative estimate of drug-likeness (QED) is 0.262. The summed E-state index contributed by atoms with van der Waals surface area (Å²) in [6.45, 7) is 3.38. The van der Waals surface area contributed by atoms with E-state index in [0.29, 0.717) is 22.7 Å². The van der Waals surface area contributed by atoms with Crippen LogP contribution in [-0.4, -0.2) is 56.2 Å². The van der Waals surface area contributed by atoms with E-state index in [2.05, 4.69) is 25.6 Å². The number of phenols is 1. The first-order valence-electron chi connectivity index (χ1n) is 13.3. The molecular formula is C30H29ClN6O4. The second kappa shape index (κ2) is 12.8. The third-order valence-corrected chi connectivity index (χ3v) is 7.17. The van der Waals surface area contributed by atoms with Gasteiger partial charge in [0.05, 0.1) is 28.4 Å². The number of nitrogens with zero attached hydrogens (tertiary/aromatic N) is 4. The van der Waals surface area contributed by atoms with E-state index in [1.807, 2.05) is 0 Å². The molecule has 3 heterocycles. The zero-order chi connectivity index (χ0) is 28.8. The average Bonchev–Trinajstić information content (AvgIpc) is 2.99. The maximum Gasteiger partial charge on any atom is 0.274 e. The van der Waals surface area contributed by atoms with Gasteiger partial charge in [-0.2, -0.15) is 5.10 Å². The zero-order valence-corrected chi connectivity index (χ0v) is 23.0. The Balaban J connectivity index is 1.29. The highest BCUT2D eigenvalue weighted by Gasteiger charge is 2.19. The fourth-order valence-electron chi connectivity index (χ4n) is 4.73. The van der Waals surface area contributed by atoms with Crippen molar-refractivity contribution >= 4 is 34.9 Å². The highest BCUT2D eigenvalue weighted by molar-refractivity contribution is 6.30. The van der Waals surface area contributed by atoms with E-state index >= 15 is 0 Å². The molecule has 1 saturated heterocycles. The van der Waals surface area contributed by atoms with Gasteiger partial charge in [-0.25, -0.2) is 9.67 Å². The molecule has 2 aromatic heterocycles. The summed E-state index contributed by atoms with van der Waals surface area (Å²) in [5.74, 6) is -1.12. The number of aromatic hydroxyl groups is 1. The Morgan fingerprint density at radius 1 is 0.902 bits per heavy atom. The van der Waals surface area contributed by atoms with Gasteiger partial charge in [-0.3, -0.25) is 14.4 Å². The number of carbonyl (C=O) groups excluding carboxylic acids is 2. The monoisotopic (exact) mass is 572 g/mol. The number of piperidine rings is 1. The second-order valence-corrected chi connectivity index (χ2v) is 10.2. The molecule has 0 aliphatic carbocycles. The van der Waals surface area contributed by atoms with Crippen LogP contribution in [0.25, 0.3) is 11.1 Å². The van der Waals surface area contributed by atoms with E-state index in [1.54, 1.807) is 42.6 Å². The zero-order valence-electron chi connectivity index (χ0n) is 22.2. The van der Waals surface area contributed by atoms with Crippen LogP contribution in [0.4, 0.5) is 11.5 Å². The van der Waals surface area contributed by atoms with Crippen molar-refractivity contribution in [1.29, 1.82) is 0 Å². The first-order valence-corrected chi connectivity index (χ1v) is 13.7. The average molecular weight is 573 g/mol. The minimum Gasteiger partial charge on any atom is -0.506 e. The highest BCUT2D eigenvalue weighted by Crippen LogP contribution is 2.29. The molecule has 3 N–H and O–H groups in total. The predicted octanol–water partition coefficient (Wildman–Crippen LogP) is 4.65. The van der Waals surface area contributed by atoms with Gasteiger partial charge in [0.2, 0.25) is 0 Å². The van der Waals surface area contributed by atoms with Crippen LogP contribution >= 0.6 is 11.6 Å². The molecule has 0 spiro atoms. The molecule has 0 saturated carbocycles. The third kappa shape index (κ3) is 6.79. The standard InChI is InChI=1S/C30H29ClN6O4/c31-22-11-12-26(32-19-22)34-29(40)24-5-4-6-25(38)27(24)35-28(39)21-9-7-20(8-10-21)23-13-14-33-37(30(23)41)18-17-36-15-2-1-3-16-36/h4-14,19,38H,1-3,15-18H2,(H,35,39)(H,32,34,40). The smallest absolute Gasteiger partial charge is 0.274 e. The van der Waals surface area contributed by atoms with Crippen molar-refractivity contribution in [2.75, 3.05) is 30.3 Å². The lowest BCUT2D eigenvalue weighted by molar-refractivity contribution is 0.102. The molecule has 1 aliphatic heterocycles. The Labute approximate surface area is 241 Å². The summed E-state index contributed by atoms with van der Waals surface area (Å²) in [6.07, 6.45) is 6.62. The highest BCUT2D eigenvalue weighted by atomic mass is 35.5. The molecule has 2 amide bonds. The number of para-hydroxylation sites is 1.